The van der Waals surface area contributed by atoms with Gasteiger partial charge in [-0.1, -0.05) is 13.3 Å². The lowest BCUT2D eigenvalue weighted by atomic mass is 9.81. The van der Waals surface area contributed by atoms with Gasteiger partial charge >= 0.3 is 6.03 Å². The number of hydrogen-bond acceptors (Lipinski definition) is 4. The third-order valence-electron chi connectivity index (χ3n) is 4.23. The van der Waals surface area contributed by atoms with Crippen LogP contribution >= 0.6 is 0 Å². The highest BCUT2D eigenvalue weighted by atomic mass is 19.1. The Kier molecular flexibility index (Phi) is 4.13. The molecule has 8 heteroatoms. The lowest BCUT2D eigenvalue weighted by Gasteiger charge is -2.36. The number of amides is 4. The van der Waals surface area contributed by atoms with E-state index in [0.29, 0.717) is 6.54 Å². The predicted molar refractivity (Wildman–Crippen MR) is 81.7 cm³/mol. The maximum Gasteiger partial charge on any atom is 0.322 e. The Morgan fingerprint density at radius 1 is 1.46 bits per heavy atom. The molecule has 2 unspecified atom stereocenters. The average molecular weight is 335 g/mol. The van der Waals surface area contributed by atoms with Crippen molar-refractivity contribution in [3.8, 4) is 5.75 Å². The molecule has 2 heterocycles. The van der Waals surface area contributed by atoms with Crippen molar-refractivity contribution in [1.29, 1.82) is 0 Å². The summed E-state index contributed by atoms with van der Waals surface area (Å²) in [5.74, 6) is -1.34. The van der Waals surface area contributed by atoms with E-state index in [4.69, 9.17) is 4.74 Å². The molecule has 0 bridgehead atoms. The summed E-state index contributed by atoms with van der Waals surface area (Å²) in [7, 11) is 0. The number of nitrogens with one attached hydrogen (secondary N) is 3. The Hall–Kier alpha value is -2.64. The van der Waals surface area contributed by atoms with Crippen LogP contribution in [0.25, 0.3) is 0 Å². The normalized spacial score (nSPS) is 24.8. The molecule has 0 radical (unpaired) electrons. The standard InChI is InChI=1S/C16H18FN3O4/c1-2-3-6-18-13(21)12-8-16(14(22)19-15(23)20-16)10-7-9(17)4-5-11(10)24-12/h4-5,7,12H,2-3,6,8H2,1H3,(H,18,21)(H2,19,20,22,23). The van der Waals surface area contributed by atoms with Gasteiger partial charge in [0.05, 0.1) is 0 Å². The fourth-order valence-corrected chi connectivity index (χ4v) is 2.99. The van der Waals surface area contributed by atoms with E-state index in [1.165, 1.54) is 12.1 Å². The van der Waals surface area contributed by atoms with Gasteiger partial charge in [-0.15, -0.1) is 0 Å². The smallest absolute Gasteiger partial charge is 0.322 e. The van der Waals surface area contributed by atoms with Gasteiger partial charge in [-0.3, -0.25) is 14.9 Å². The molecule has 0 aliphatic carbocycles. The largest absolute Gasteiger partial charge is 0.480 e. The molecule has 1 saturated heterocycles. The van der Waals surface area contributed by atoms with E-state index in [0.717, 1.165) is 18.9 Å². The monoisotopic (exact) mass is 335 g/mol. The van der Waals surface area contributed by atoms with Crippen molar-refractivity contribution in [3.63, 3.8) is 0 Å². The minimum absolute atomic E-state index is 0.0982. The topological polar surface area (TPSA) is 96.5 Å². The minimum Gasteiger partial charge on any atom is -0.480 e. The van der Waals surface area contributed by atoms with Gasteiger partial charge in [-0.25, -0.2) is 9.18 Å². The number of halogens is 1. The first-order chi connectivity index (χ1) is 11.5. The lowest BCUT2D eigenvalue weighted by molar-refractivity contribution is -0.133. The average Bonchev–Trinajstić information content (AvgIpc) is 2.82. The van der Waals surface area contributed by atoms with Gasteiger partial charge < -0.3 is 15.4 Å². The molecule has 24 heavy (non-hydrogen) atoms. The molecule has 2 aliphatic rings. The van der Waals surface area contributed by atoms with Gasteiger partial charge in [0, 0.05) is 18.5 Å². The van der Waals surface area contributed by atoms with Crippen LogP contribution in [0.15, 0.2) is 18.2 Å². The van der Waals surface area contributed by atoms with E-state index >= 15 is 0 Å². The highest BCUT2D eigenvalue weighted by Crippen LogP contribution is 2.41. The fourth-order valence-electron chi connectivity index (χ4n) is 2.99. The summed E-state index contributed by atoms with van der Waals surface area (Å²) in [5.41, 5.74) is -1.29. The molecule has 0 aromatic heterocycles. The molecular formula is C16H18FN3O4. The van der Waals surface area contributed by atoms with Crippen molar-refractivity contribution < 1.29 is 23.5 Å². The third kappa shape index (κ3) is 2.68. The molecule has 2 atom stereocenters. The summed E-state index contributed by atoms with van der Waals surface area (Å²) in [4.78, 5) is 36.3. The second kappa shape index (κ2) is 6.10. The van der Waals surface area contributed by atoms with Crippen LogP contribution in [0.4, 0.5) is 9.18 Å². The van der Waals surface area contributed by atoms with Crippen LogP contribution in [0.2, 0.25) is 0 Å². The van der Waals surface area contributed by atoms with E-state index in [1.54, 1.807) is 0 Å². The molecule has 4 amide bonds. The van der Waals surface area contributed by atoms with Gasteiger partial charge in [0.2, 0.25) is 0 Å². The highest BCUT2D eigenvalue weighted by molar-refractivity contribution is 6.08. The molecule has 1 aromatic rings. The van der Waals surface area contributed by atoms with Crippen LogP contribution in [0, 0.1) is 5.82 Å². The van der Waals surface area contributed by atoms with E-state index < -0.39 is 29.4 Å². The van der Waals surface area contributed by atoms with Gasteiger partial charge in [-0.2, -0.15) is 0 Å². The number of unbranched alkanes of at least 4 members (excludes halogenated alkanes) is 1. The van der Waals surface area contributed by atoms with Crippen LogP contribution in [-0.4, -0.2) is 30.5 Å². The molecule has 1 spiro atoms. The lowest BCUT2D eigenvalue weighted by Crippen LogP contribution is -2.54. The number of hydrogen-bond donors (Lipinski definition) is 3. The van der Waals surface area contributed by atoms with Gasteiger partial charge in [-0.05, 0) is 24.6 Å². The van der Waals surface area contributed by atoms with Crippen molar-refractivity contribution in [2.24, 2.45) is 0 Å². The third-order valence-corrected chi connectivity index (χ3v) is 4.23. The van der Waals surface area contributed by atoms with Crippen LogP contribution in [0.3, 0.4) is 0 Å². The number of rotatable bonds is 4. The Morgan fingerprint density at radius 3 is 2.92 bits per heavy atom. The Balaban J connectivity index is 1.94. The van der Waals surface area contributed by atoms with Crippen LogP contribution in [0.1, 0.15) is 31.7 Å². The first-order valence-corrected chi connectivity index (χ1v) is 7.84. The first-order valence-electron chi connectivity index (χ1n) is 7.84. The quantitative estimate of drug-likeness (QED) is 0.563. The summed E-state index contributed by atoms with van der Waals surface area (Å²) in [5, 5.41) is 7.42. The zero-order valence-corrected chi connectivity index (χ0v) is 13.1. The minimum atomic E-state index is -1.50. The molecular weight excluding hydrogens is 317 g/mol. The number of carbonyl (C=O) groups excluding carboxylic acids is 3. The second-order valence-corrected chi connectivity index (χ2v) is 5.91. The molecule has 128 valence electrons. The second-order valence-electron chi connectivity index (χ2n) is 5.91. The molecule has 2 aliphatic heterocycles. The van der Waals surface area contributed by atoms with Crippen molar-refractivity contribution in [2.45, 2.75) is 37.8 Å². The highest BCUT2D eigenvalue weighted by Gasteiger charge is 2.54. The number of ether oxygens (including phenoxy) is 1. The van der Waals surface area contributed by atoms with Gasteiger partial charge in [0.25, 0.3) is 11.8 Å². The maximum atomic E-state index is 13.6. The summed E-state index contributed by atoms with van der Waals surface area (Å²) >= 11 is 0. The molecule has 3 N–H and O–H groups in total. The number of carbonyl (C=O) groups is 3. The van der Waals surface area contributed by atoms with E-state index in [2.05, 4.69) is 16.0 Å². The number of benzene rings is 1. The zero-order valence-electron chi connectivity index (χ0n) is 13.1. The summed E-state index contributed by atoms with van der Waals surface area (Å²) in [6, 6.07) is 3.00. The maximum absolute atomic E-state index is 13.6. The van der Waals surface area contributed by atoms with Crippen LogP contribution in [-0.2, 0) is 15.1 Å². The molecule has 0 saturated carbocycles. The van der Waals surface area contributed by atoms with Gasteiger partial charge in [0.1, 0.15) is 11.6 Å². The number of imide groups is 1. The zero-order chi connectivity index (χ0) is 17.3. The fraction of sp³-hybridized carbons (Fsp3) is 0.438. The van der Waals surface area contributed by atoms with E-state index in [-0.39, 0.29) is 23.6 Å². The number of urea groups is 1. The molecule has 3 rings (SSSR count). The number of fused-ring (bicyclic) bond motifs is 2. The van der Waals surface area contributed by atoms with E-state index in [1.807, 2.05) is 6.92 Å². The first kappa shape index (κ1) is 16.2. The Labute approximate surface area is 137 Å². The summed E-state index contributed by atoms with van der Waals surface area (Å²) in [6.45, 7) is 2.50. The van der Waals surface area contributed by atoms with Crippen LogP contribution in [0.5, 0.6) is 5.75 Å². The summed E-state index contributed by atoms with van der Waals surface area (Å²) < 4.78 is 19.3. The van der Waals surface area contributed by atoms with Crippen molar-refractivity contribution in [3.05, 3.63) is 29.6 Å². The summed E-state index contributed by atoms with van der Waals surface area (Å²) in [6.07, 6.45) is 0.696. The van der Waals surface area contributed by atoms with Crippen molar-refractivity contribution in [1.82, 2.24) is 16.0 Å². The van der Waals surface area contributed by atoms with Gasteiger partial charge in [0.15, 0.2) is 11.6 Å². The van der Waals surface area contributed by atoms with E-state index in [9.17, 15) is 18.8 Å². The molecule has 7 nitrogen and oxygen atoms in total. The predicted octanol–water partition coefficient (Wildman–Crippen LogP) is 0.928. The SMILES string of the molecule is CCCCNC(=O)C1CC2(NC(=O)NC2=O)c2cc(F)ccc2O1. The molecule has 1 fully saturated rings. The Bertz CT molecular complexity index is 709. The Morgan fingerprint density at radius 2 is 2.25 bits per heavy atom. The van der Waals surface area contributed by atoms with Crippen LogP contribution < -0.4 is 20.7 Å². The molecule has 1 aromatic carbocycles. The van der Waals surface area contributed by atoms with Crippen molar-refractivity contribution >= 4 is 17.8 Å². The van der Waals surface area contributed by atoms with Crippen molar-refractivity contribution in [2.75, 3.05) is 6.54 Å².